The molecule has 1 aliphatic rings. The van der Waals surface area contributed by atoms with Crippen molar-refractivity contribution in [3.63, 3.8) is 0 Å². The number of furan rings is 1. The Kier molecular flexibility index (Phi) is 6.26. The highest BCUT2D eigenvalue weighted by atomic mass is 32.1. The predicted octanol–water partition coefficient (Wildman–Crippen LogP) is 4.80. The molecule has 0 aliphatic heterocycles. The molecule has 6 nitrogen and oxygen atoms in total. The molecule has 0 bridgehead atoms. The van der Waals surface area contributed by atoms with E-state index in [1.807, 2.05) is 30.3 Å². The van der Waals surface area contributed by atoms with E-state index in [-0.39, 0.29) is 12.5 Å². The summed E-state index contributed by atoms with van der Waals surface area (Å²) in [7, 11) is 0. The SMILES string of the molecule is N#CCOc1cccc(C=Nc2sc3c(c2C(=O)NCc2ccco2)CCCC3)c1. The average molecular weight is 420 g/mol. The second kappa shape index (κ2) is 9.42. The first kappa shape index (κ1) is 19.9. The van der Waals surface area contributed by atoms with Crippen LogP contribution in [0.1, 0.15) is 45.0 Å². The number of carbonyl (C=O) groups excluding carboxylic acids is 1. The minimum Gasteiger partial charge on any atom is -0.479 e. The minimum absolute atomic E-state index is 0.00176. The number of aliphatic imine (C=N–C) groups is 1. The molecule has 3 aromatic rings. The van der Waals surface area contributed by atoms with Gasteiger partial charge in [-0.05, 0) is 61.1 Å². The van der Waals surface area contributed by atoms with Crippen molar-refractivity contribution < 1.29 is 13.9 Å². The average Bonchev–Trinajstić information content (AvgIpc) is 3.42. The molecule has 0 saturated carbocycles. The lowest BCUT2D eigenvalue weighted by Crippen LogP contribution is -2.23. The molecule has 2 heterocycles. The van der Waals surface area contributed by atoms with Crippen molar-refractivity contribution in [3.05, 3.63) is 70.0 Å². The van der Waals surface area contributed by atoms with Crippen molar-refractivity contribution >= 4 is 28.5 Å². The number of carbonyl (C=O) groups is 1. The van der Waals surface area contributed by atoms with Crippen LogP contribution in [-0.2, 0) is 19.4 Å². The zero-order valence-electron chi connectivity index (χ0n) is 16.4. The third-order valence-electron chi connectivity index (χ3n) is 4.88. The maximum Gasteiger partial charge on any atom is 0.255 e. The van der Waals surface area contributed by atoms with Crippen LogP contribution in [-0.4, -0.2) is 18.7 Å². The number of aryl methyl sites for hydroxylation is 1. The number of amides is 1. The van der Waals surface area contributed by atoms with E-state index < -0.39 is 0 Å². The third kappa shape index (κ3) is 4.61. The summed E-state index contributed by atoms with van der Waals surface area (Å²) in [5, 5.41) is 12.4. The van der Waals surface area contributed by atoms with Crippen LogP contribution in [0, 0.1) is 11.3 Å². The van der Waals surface area contributed by atoms with Gasteiger partial charge in [-0.1, -0.05) is 12.1 Å². The topological polar surface area (TPSA) is 87.6 Å². The first-order valence-corrected chi connectivity index (χ1v) is 10.7. The molecule has 1 amide bonds. The molecule has 30 heavy (non-hydrogen) atoms. The number of nitrogens with one attached hydrogen (secondary N) is 1. The molecule has 2 aromatic heterocycles. The highest BCUT2D eigenvalue weighted by Crippen LogP contribution is 2.39. The van der Waals surface area contributed by atoms with Gasteiger partial charge < -0.3 is 14.5 Å². The summed E-state index contributed by atoms with van der Waals surface area (Å²) in [5.74, 6) is 1.21. The molecule has 1 N–H and O–H groups in total. The highest BCUT2D eigenvalue weighted by molar-refractivity contribution is 7.16. The summed E-state index contributed by atoms with van der Waals surface area (Å²) in [6.07, 6.45) is 7.46. The van der Waals surface area contributed by atoms with Crippen LogP contribution in [0.2, 0.25) is 0 Å². The number of hydrogen-bond donors (Lipinski definition) is 1. The fourth-order valence-electron chi connectivity index (χ4n) is 3.48. The zero-order chi connectivity index (χ0) is 20.8. The number of hydrogen-bond acceptors (Lipinski definition) is 6. The second-order valence-electron chi connectivity index (χ2n) is 6.93. The molecular weight excluding hydrogens is 398 g/mol. The van der Waals surface area contributed by atoms with Gasteiger partial charge in [-0.25, -0.2) is 4.99 Å². The summed E-state index contributed by atoms with van der Waals surface area (Å²) < 4.78 is 10.7. The molecule has 0 fully saturated rings. The maximum absolute atomic E-state index is 13.0. The lowest BCUT2D eigenvalue weighted by Gasteiger charge is -2.12. The van der Waals surface area contributed by atoms with Gasteiger partial charge >= 0.3 is 0 Å². The Morgan fingerprint density at radius 2 is 2.20 bits per heavy atom. The van der Waals surface area contributed by atoms with E-state index in [4.69, 9.17) is 14.4 Å². The highest BCUT2D eigenvalue weighted by Gasteiger charge is 2.25. The Balaban J connectivity index is 1.58. The number of nitrogens with zero attached hydrogens (tertiary/aromatic N) is 2. The third-order valence-corrected chi connectivity index (χ3v) is 6.08. The summed E-state index contributed by atoms with van der Waals surface area (Å²) >= 11 is 1.59. The number of nitriles is 1. The number of benzene rings is 1. The number of ether oxygens (including phenoxy) is 1. The van der Waals surface area contributed by atoms with Gasteiger partial charge in [-0.2, -0.15) is 5.26 Å². The first-order chi connectivity index (χ1) is 14.7. The van der Waals surface area contributed by atoms with Gasteiger partial charge in [0.1, 0.15) is 22.6 Å². The van der Waals surface area contributed by atoms with Crippen molar-refractivity contribution in [3.8, 4) is 11.8 Å². The van der Waals surface area contributed by atoms with E-state index in [1.165, 1.54) is 4.88 Å². The smallest absolute Gasteiger partial charge is 0.255 e. The number of fused-ring (bicyclic) bond motifs is 1. The Bertz CT molecular complexity index is 1090. The van der Waals surface area contributed by atoms with Gasteiger partial charge in [0, 0.05) is 11.1 Å². The number of thiophene rings is 1. The van der Waals surface area contributed by atoms with Gasteiger partial charge in [0.05, 0.1) is 18.4 Å². The van der Waals surface area contributed by atoms with Gasteiger partial charge in [0.25, 0.3) is 5.91 Å². The standard InChI is InChI=1S/C23H21N3O3S/c24-10-12-29-17-6-3-5-16(13-17)14-26-23-21(19-8-1-2-9-20(19)30-23)22(27)25-15-18-7-4-11-28-18/h3-7,11,13-14H,1-2,8-9,12,15H2,(H,25,27). The largest absolute Gasteiger partial charge is 0.479 e. The first-order valence-electron chi connectivity index (χ1n) is 9.83. The van der Waals surface area contributed by atoms with Crippen LogP contribution < -0.4 is 10.1 Å². The van der Waals surface area contributed by atoms with Crippen molar-refractivity contribution in [2.24, 2.45) is 4.99 Å². The van der Waals surface area contributed by atoms with Crippen LogP contribution in [0.4, 0.5) is 5.00 Å². The van der Waals surface area contributed by atoms with Crippen LogP contribution in [0.5, 0.6) is 5.75 Å². The van der Waals surface area contributed by atoms with Gasteiger partial charge in [-0.3, -0.25) is 4.79 Å². The lowest BCUT2D eigenvalue weighted by molar-refractivity contribution is 0.0948. The van der Waals surface area contributed by atoms with Crippen molar-refractivity contribution in [1.82, 2.24) is 5.32 Å². The second-order valence-corrected chi connectivity index (χ2v) is 8.01. The molecule has 1 aliphatic carbocycles. The summed E-state index contributed by atoms with van der Waals surface area (Å²) in [5.41, 5.74) is 2.65. The van der Waals surface area contributed by atoms with Crippen molar-refractivity contribution in [2.45, 2.75) is 32.2 Å². The molecule has 0 unspecified atom stereocenters. The van der Waals surface area contributed by atoms with Crippen molar-refractivity contribution in [2.75, 3.05) is 6.61 Å². The quantitative estimate of drug-likeness (QED) is 0.557. The van der Waals surface area contributed by atoms with Gasteiger partial charge in [0.2, 0.25) is 0 Å². The van der Waals surface area contributed by atoms with E-state index in [9.17, 15) is 4.79 Å². The van der Waals surface area contributed by atoms with Crippen molar-refractivity contribution in [1.29, 1.82) is 5.26 Å². The molecule has 4 rings (SSSR count). The Hall–Kier alpha value is -3.37. The van der Waals surface area contributed by atoms with E-state index in [2.05, 4.69) is 10.3 Å². The molecule has 7 heteroatoms. The van der Waals surface area contributed by atoms with Gasteiger partial charge in [-0.15, -0.1) is 11.3 Å². The fraction of sp³-hybridized carbons (Fsp3) is 0.261. The maximum atomic E-state index is 13.0. The lowest BCUT2D eigenvalue weighted by atomic mass is 9.95. The predicted molar refractivity (Wildman–Crippen MR) is 116 cm³/mol. The number of rotatable bonds is 7. The molecule has 0 atom stereocenters. The van der Waals surface area contributed by atoms with Crippen LogP contribution in [0.3, 0.4) is 0 Å². The molecule has 0 spiro atoms. The van der Waals surface area contributed by atoms with Crippen LogP contribution in [0.25, 0.3) is 0 Å². The van der Waals surface area contributed by atoms with E-state index >= 15 is 0 Å². The monoisotopic (exact) mass is 419 g/mol. The Morgan fingerprint density at radius 3 is 3.03 bits per heavy atom. The summed E-state index contributed by atoms with van der Waals surface area (Å²) in [6.45, 7) is 0.343. The van der Waals surface area contributed by atoms with E-state index in [0.29, 0.717) is 23.6 Å². The van der Waals surface area contributed by atoms with E-state index in [0.717, 1.165) is 41.8 Å². The zero-order valence-corrected chi connectivity index (χ0v) is 17.2. The minimum atomic E-state index is -0.121. The summed E-state index contributed by atoms with van der Waals surface area (Å²) in [6, 6.07) is 13.0. The van der Waals surface area contributed by atoms with Crippen LogP contribution >= 0.6 is 11.3 Å². The molecule has 1 aromatic carbocycles. The fourth-order valence-corrected chi connectivity index (χ4v) is 4.71. The molecule has 152 valence electrons. The molecule has 0 radical (unpaired) electrons. The summed E-state index contributed by atoms with van der Waals surface area (Å²) in [4.78, 5) is 18.9. The van der Waals surface area contributed by atoms with E-state index in [1.54, 1.807) is 35.9 Å². The van der Waals surface area contributed by atoms with Gasteiger partial charge in [0.15, 0.2) is 6.61 Å². The Morgan fingerprint density at radius 1 is 1.30 bits per heavy atom. The Labute approximate surface area is 178 Å². The molecular formula is C23H21N3O3S. The molecule has 0 saturated heterocycles. The normalized spacial score (nSPS) is 13.0. The van der Waals surface area contributed by atoms with Crippen LogP contribution in [0.15, 0.2) is 52.1 Å².